The van der Waals surface area contributed by atoms with Crippen LogP contribution in [0.1, 0.15) is 56.0 Å². The molecule has 34 heavy (non-hydrogen) atoms. The molecule has 7 heteroatoms. The first-order chi connectivity index (χ1) is 16.0. The summed E-state index contributed by atoms with van der Waals surface area (Å²) in [4.78, 5) is 30.0. The maximum atomic E-state index is 13.3. The van der Waals surface area contributed by atoms with E-state index in [1.807, 2.05) is 42.1 Å². The van der Waals surface area contributed by atoms with Gasteiger partial charge >= 0.3 is 0 Å². The maximum absolute atomic E-state index is 13.3. The molecule has 0 radical (unpaired) electrons. The van der Waals surface area contributed by atoms with Crippen molar-refractivity contribution in [3.05, 3.63) is 58.6 Å². The van der Waals surface area contributed by atoms with Crippen LogP contribution < -0.4 is 10.2 Å². The van der Waals surface area contributed by atoms with E-state index in [4.69, 9.17) is 16.3 Å². The van der Waals surface area contributed by atoms with E-state index in [1.165, 1.54) is 0 Å². The number of hydrogen-bond acceptors (Lipinski definition) is 4. The summed E-state index contributed by atoms with van der Waals surface area (Å²) in [6.07, 6.45) is 2.52. The Hall–Kier alpha value is -2.57. The van der Waals surface area contributed by atoms with Crippen molar-refractivity contribution in [1.82, 2.24) is 4.90 Å². The van der Waals surface area contributed by atoms with Crippen molar-refractivity contribution in [3.8, 4) is 0 Å². The molecule has 2 aromatic carbocycles. The van der Waals surface area contributed by atoms with E-state index in [0.717, 1.165) is 30.7 Å². The average Bonchev–Trinajstić information content (AvgIpc) is 3.25. The molecular formula is C27H36ClN3O3. The maximum Gasteiger partial charge on any atom is 0.257 e. The minimum Gasteiger partial charge on any atom is -0.377 e. The second-order valence-corrected chi connectivity index (χ2v) is 10.7. The predicted molar refractivity (Wildman–Crippen MR) is 139 cm³/mol. The van der Waals surface area contributed by atoms with Gasteiger partial charge in [-0.05, 0) is 54.2 Å². The number of halogens is 1. The standard InChI is InChI=1S/C27H36ClN3O3/c1-27(2,3)16-25(32)31(18-21-9-8-14-34-21)17-19-15-20(12-13-24(19)30(4)5)29-26(33)22-10-6-7-11-23(22)28/h6-7,10-13,15,21H,8-9,14,16-18H2,1-5H3,(H,29,33)/t21-/m0/s1. The summed E-state index contributed by atoms with van der Waals surface area (Å²) in [6.45, 7) is 7.98. The Morgan fingerprint density at radius 1 is 1.15 bits per heavy atom. The Labute approximate surface area is 208 Å². The quantitative estimate of drug-likeness (QED) is 0.528. The van der Waals surface area contributed by atoms with Crippen LogP contribution in [0, 0.1) is 5.41 Å². The molecular weight excluding hydrogens is 450 g/mol. The normalized spacial score (nSPS) is 15.8. The van der Waals surface area contributed by atoms with E-state index in [0.29, 0.717) is 35.8 Å². The number of rotatable bonds is 8. The molecule has 1 saturated heterocycles. The van der Waals surface area contributed by atoms with E-state index >= 15 is 0 Å². The first kappa shape index (κ1) is 26.0. The SMILES string of the molecule is CN(C)c1ccc(NC(=O)c2ccccc2Cl)cc1CN(C[C@@H]1CCCO1)C(=O)CC(C)(C)C. The Balaban J connectivity index is 1.86. The number of nitrogens with one attached hydrogen (secondary N) is 1. The minimum atomic E-state index is -0.269. The van der Waals surface area contributed by atoms with Crippen LogP contribution in [0.15, 0.2) is 42.5 Å². The van der Waals surface area contributed by atoms with Gasteiger partial charge in [0.25, 0.3) is 5.91 Å². The van der Waals surface area contributed by atoms with Crippen LogP contribution >= 0.6 is 11.6 Å². The Morgan fingerprint density at radius 2 is 1.88 bits per heavy atom. The lowest BCUT2D eigenvalue weighted by atomic mass is 9.91. The minimum absolute atomic E-state index is 0.0647. The van der Waals surface area contributed by atoms with Gasteiger partial charge in [0.2, 0.25) is 5.91 Å². The third-order valence-corrected chi connectivity index (χ3v) is 6.11. The summed E-state index contributed by atoms with van der Waals surface area (Å²) < 4.78 is 5.84. The molecule has 0 spiro atoms. The molecule has 184 valence electrons. The number of carbonyl (C=O) groups is 2. The smallest absolute Gasteiger partial charge is 0.257 e. The van der Waals surface area contributed by atoms with Gasteiger partial charge in [-0.2, -0.15) is 0 Å². The van der Waals surface area contributed by atoms with Crippen LogP contribution in [-0.4, -0.2) is 50.1 Å². The average molecular weight is 486 g/mol. The van der Waals surface area contributed by atoms with Gasteiger partial charge < -0.3 is 19.9 Å². The van der Waals surface area contributed by atoms with Crippen molar-refractivity contribution < 1.29 is 14.3 Å². The second-order valence-electron chi connectivity index (χ2n) is 10.3. The monoisotopic (exact) mass is 485 g/mol. The molecule has 0 aromatic heterocycles. The van der Waals surface area contributed by atoms with Crippen molar-refractivity contribution in [3.63, 3.8) is 0 Å². The molecule has 2 aromatic rings. The topological polar surface area (TPSA) is 61.9 Å². The van der Waals surface area contributed by atoms with Gasteiger partial charge in [0.05, 0.1) is 16.7 Å². The van der Waals surface area contributed by atoms with E-state index < -0.39 is 0 Å². The van der Waals surface area contributed by atoms with Crippen LogP contribution in [0.4, 0.5) is 11.4 Å². The number of hydrogen-bond donors (Lipinski definition) is 1. The van der Waals surface area contributed by atoms with Crippen molar-refractivity contribution in [2.45, 2.75) is 52.7 Å². The van der Waals surface area contributed by atoms with Gasteiger partial charge in [0, 0.05) is 51.6 Å². The highest BCUT2D eigenvalue weighted by molar-refractivity contribution is 6.34. The van der Waals surface area contributed by atoms with Gasteiger partial charge in [-0.15, -0.1) is 0 Å². The molecule has 0 aliphatic carbocycles. The third-order valence-electron chi connectivity index (χ3n) is 5.78. The van der Waals surface area contributed by atoms with Crippen molar-refractivity contribution >= 4 is 34.8 Å². The zero-order valence-corrected chi connectivity index (χ0v) is 21.6. The van der Waals surface area contributed by atoms with Crippen LogP contribution in [0.3, 0.4) is 0 Å². The number of ether oxygens (including phenoxy) is 1. The summed E-state index contributed by atoms with van der Waals surface area (Å²) in [5, 5.41) is 3.35. The molecule has 0 bridgehead atoms. The lowest BCUT2D eigenvalue weighted by molar-refractivity contribution is -0.135. The van der Waals surface area contributed by atoms with Gasteiger partial charge in [0.15, 0.2) is 0 Å². The molecule has 0 saturated carbocycles. The Morgan fingerprint density at radius 3 is 2.50 bits per heavy atom. The first-order valence-electron chi connectivity index (χ1n) is 11.8. The number of nitrogens with zero attached hydrogens (tertiary/aromatic N) is 2. The molecule has 3 rings (SSSR count). The first-order valence-corrected chi connectivity index (χ1v) is 12.2. The van der Waals surface area contributed by atoms with E-state index in [9.17, 15) is 9.59 Å². The van der Waals surface area contributed by atoms with Crippen molar-refractivity contribution in [2.24, 2.45) is 5.41 Å². The van der Waals surface area contributed by atoms with Gasteiger partial charge in [-0.25, -0.2) is 0 Å². The summed E-state index contributed by atoms with van der Waals surface area (Å²) in [7, 11) is 3.95. The van der Waals surface area contributed by atoms with E-state index in [2.05, 4.69) is 26.1 Å². The summed E-state index contributed by atoms with van der Waals surface area (Å²) in [5.41, 5.74) is 2.92. The fourth-order valence-electron chi connectivity index (χ4n) is 4.13. The van der Waals surface area contributed by atoms with Crippen LogP contribution in [0.5, 0.6) is 0 Å². The highest BCUT2D eigenvalue weighted by atomic mass is 35.5. The molecule has 1 aliphatic rings. The summed E-state index contributed by atoms with van der Waals surface area (Å²) in [5.74, 6) is -0.160. The number of amides is 2. The third kappa shape index (κ3) is 7.21. The zero-order valence-electron chi connectivity index (χ0n) is 20.9. The van der Waals surface area contributed by atoms with Crippen LogP contribution in [0.25, 0.3) is 0 Å². The highest BCUT2D eigenvalue weighted by Crippen LogP contribution is 2.28. The van der Waals surface area contributed by atoms with Crippen LogP contribution in [0.2, 0.25) is 5.02 Å². The molecule has 2 amide bonds. The highest BCUT2D eigenvalue weighted by Gasteiger charge is 2.27. The van der Waals surface area contributed by atoms with Gasteiger partial charge in [-0.1, -0.05) is 44.5 Å². The predicted octanol–water partition coefficient (Wildman–Crippen LogP) is 5.60. The summed E-state index contributed by atoms with van der Waals surface area (Å²) >= 11 is 6.20. The molecule has 1 fully saturated rings. The van der Waals surface area contributed by atoms with E-state index in [1.54, 1.807) is 24.3 Å². The van der Waals surface area contributed by atoms with Crippen LogP contribution in [-0.2, 0) is 16.1 Å². The van der Waals surface area contributed by atoms with Gasteiger partial charge in [-0.3, -0.25) is 9.59 Å². The molecule has 1 N–H and O–H groups in total. The second kappa shape index (κ2) is 11.2. The Bertz CT molecular complexity index is 1010. The van der Waals surface area contributed by atoms with Crippen molar-refractivity contribution in [1.29, 1.82) is 0 Å². The fourth-order valence-corrected chi connectivity index (χ4v) is 4.35. The zero-order chi connectivity index (χ0) is 24.9. The molecule has 0 unspecified atom stereocenters. The summed E-state index contributed by atoms with van der Waals surface area (Å²) in [6, 6.07) is 12.7. The number of anilines is 2. The van der Waals surface area contributed by atoms with E-state index in [-0.39, 0.29) is 23.3 Å². The lowest BCUT2D eigenvalue weighted by Gasteiger charge is -2.30. The molecule has 1 heterocycles. The Kier molecular flexibility index (Phi) is 8.61. The molecule has 1 atom stereocenters. The molecule has 6 nitrogen and oxygen atoms in total. The number of benzene rings is 2. The van der Waals surface area contributed by atoms with Crippen molar-refractivity contribution in [2.75, 3.05) is 37.5 Å². The lowest BCUT2D eigenvalue weighted by Crippen LogP contribution is -2.38. The number of carbonyl (C=O) groups excluding carboxylic acids is 2. The van der Waals surface area contributed by atoms with Gasteiger partial charge in [0.1, 0.15) is 0 Å². The largest absolute Gasteiger partial charge is 0.377 e. The molecule has 1 aliphatic heterocycles. The fraction of sp³-hybridized carbons (Fsp3) is 0.481.